The van der Waals surface area contributed by atoms with Gasteiger partial charge in [0.25, 0.3) is 0 Å². The smallest absolute Gasteiger partial charge is 0.144 e. The van der Waals surface area contributed by atoms with E-state index in [0.29, 0.717) is 13.2 Å². The molecule has 0 spiro atoms. The van der Waals surface area contributed by atoms with Crippen LogP contribution >= 0.6 is 0 Å². The Bertz CT molecular complexity index is 139. The molecule has 0 amide bonds. The third kappa shape index (κ3) is 1.70. The summed E-state index contributed by atoms with van der Waals surface area (Å²) in [5, 5.41) is 20.4. The van der Waals surface area contributed by atoms with E-state index in [2.05, 4.69) is 0 Å². The average Bonchev–Trinajstić information content (AvgIpc) is 2.64. The van der Waals surface area contributed by atoms with Crippen molar-refractivity contribution in [1.29, 1.82) is 0 Å². The SMILES string of the molecule is O[C@@H]1CC(N2CO2)C[C@H](O)C1. The lowest BCUT2D eigenvalue weighted by atomic mass is 9.91. The van der Waals surface area contributed by atoms with Crippen molar-refractivity contribution in [2.75, 3.05) is 6.73 Å². The van der Waals surface area contributed by atoms with Gasteiger partial charge in [-0.2, -0.15) is 5.06 Å². The highest BCUT2D eigenvalue weighted by molar-refractivity contribution is 4.83. The quantitative estimate of drug-likeness (QED) is 0.505. The van der Waals surface area contributed by atoms with Crippen LogP contribution in [0.1, 0.15) is 19.3 Å². The minimum atomic E-state index is -0.354. The number of nitrogens with zero attached hydrogens (tertiary/aromatic N) is 1. The van der Waals surface area contributed by atoms with Crippen molar-refractivity contribution < 1.29 is 15.1 Å². The van der Waals surface area contributed by atoms with E-state index >= 15 is 0 Å². The molecule has 1 heterocycles. The second-order valence-corrected chi connectivity index (χ2v) is 3.34. The molecule has 4 heteroatoms. The maximum absolute atomic E-state index is 9.28. The molecule has 1 saturated heterocycles. The van der Waals surface area contributed by atoms with Crippen LogP contribution in [-0.2, 0) is 4.84 Å². The van der Waals surface area contributed by atoms with Gasteiger partial charge in [-0.15, -0.1) is 0 Å². The molecule has 0 aromatic heterocycles. The second-order valence-electron chi connectivity index (χ2n) is 3.34. The molecule has 0 bridgehead atoms. The molecule has 1 saturated carbocycles. The predicted molar refractivity (Wildman–Crippen MR) is 37.4 cm³/mol. The van der Waals surface area contributed by atoms with Crippen LogP contribution in [0.3, 0.4) is 0 Å². The van der Waals surface area contributed by atoms with Crippen LogP contribution in [-0.4, -0.2) is 40.3 Å². The molecule has 2 unspecified atom stereocenters. The van der Waals surface area contributed by atoms with Crippen LogP contribution in [0.25, 0.3) is 0 Å². The van der Waals surface area contributed by atoms with Crippen molar-refractivity contribution >= 4 is 0 Å². The first-order chi connectivity index (χ1) is 5.25. The van der Waals surface area contributed by atoms with E-state index in [1.54, 1.807) is 0 Å². The Morgan fingerprint density at radius 2 is 1.64 bits per heavy atom. The van der Waals surface area contributed by atoms with Crippen molar-refractivity contribution in [3.8, 4) is 0 Å². The normalized spacial score (nSPS) is 50.7. The van der Waals surface area contributed by atoms with E-state index in [-0.39, 0.29) is 18.2 Å². The Labute approximate surface area is 65.3 Å². The van der Waals surface area contributed by atoms with E-state index in [0.717, 1.165) is 12.8 Å². The summed E-state index contributed by atoms with van der Waals surface area (Å²) in [5.74, 6) is 0. The van der Waals surface area contributed by atoms with Crippen molar-refractivity contribution in [3.63, 3.8) is 0 Å². The molecule has 0 radical (unpaired) electrons. The Morgan fingerprint density at radius 1 is 1.09 bits per heavy atom. The van der Waals surface area contributed by atoms with Crippen molar-refractivity contribution in [2.24, 2.45) is 0 Å². The largest absolute Gasteiger partial charge is 0.393 e. The van der Waals surface area contributed by atoms with Gasteiger partial charge in [-0.3, -0.25) is 4.84 Å². The van der Waals surface area contributed by atoms with Crippen LogP contribution in [0, 0.1) is 0 Å². The standard InChI is InChI=1S/C7H13NO3/c9-6-1-5(8-4-11-8)2-7(10)3-6/h5-7,9-10H,1-4H2/t5?,6-,7+,8?. The Morgan fingerprint density at radius 3 is 2.09 bits per heavy atom. The average molecular weight is 159 g/mol. The second kappa shape index (κ2) is 2.71. The lowest BCUT2D eigenvalue weighted by Gasteiger charge is -2.28. The number of hydrogen-bond acceptors (Lipinski definition) is 4. The Balaban J connectivity index is 1.89. The van der Waals surface area contributed by atoms with E-state index in [4.69, 9.17) is 4.84 Å². The van der Waals surface area contributed by atoms with Gasteiger partial charge in [0.2, 0.25) is 0 Å². The molecule has 2 rings (SSSR count). The van der Waals surface area contributed by atoms with E-state index in [1.807, 2.05) is 5.06 Å². The molecular weight excluding hydrogens is 146 g/mol. The number of rotatable bonds is 1. The molecule has 2 aliphatic rings. The zero-order valence-electron chi connectivity index (χ0n) is 6.31. The van der Waals surface area contributed by atoms with Gasteiger partial charge in [0.05, 0.1) is 12.2 Å². The van der Waals surface area contributed by atoms with Crippen LogP contribution in [0.5, 0.6) is 0 Å². The fourth-order valence-electron chi connectivity index (χ4n) is 1.71. The molecule has 0 aromatic carbocycles. The molecule has 0 aromatic rings. The van der Waals surface area contributed by atoms with Gasteiger partial charge >= 0.3 is 0 Å². The zero-order chi connectivity index (χ0) is 7.84. The minimum absolute atomic E-state index is 0.230. The highest BCUT2D eigenvalue weighted by atomic mass is 16.8. The Kier molecular flexibility index (Phi) is 1.85. The molecule has 1 aliphatic carbocycles. The summed E-state index contributed by atoms with van der Waals surface area (Å²) in [7, 11) is 0. The van der Waals surface area contributed by atoms with Gasteiger partial charge in [-0.25, -0.2) is 0 Å². The summed E-state index contributed by atoms with van der Waals surface area (Å²) in [4.78, 5) is 4.96. The number of aliphatic hydroxyl groups excluding tert-OH is 2. The summed E-state index contributed by atoms with van der Waals surface area (Å²) < 4.78 is 0. The molecule has 11 heavy (non-hydrogen) atoms. The topological polar surface area (TPSA) is 56.0 Å². The zero-order valence-corrected chi connectivity index (χ0v) is 6.31. The number of aliphatic hydroxyl groups is 2. The van der Waals surface area contributed by atoms with Gasteiger partial charge in [0, 0.05) is 6.04 Å². The lowest BCUT2D eigenvalue weighted by molar-refractivity contribution is -0.0121. The molecule has 2 N–H and O–H groups in total. The summed E-state index contributed by atoms with van der Waals surface area (Å²) >= 11 is 0. The molecule has 2 fully saturated rings. The number of hydrogen-bond donors (Lipinski definition) is 2. The van der Waals surface area contributed by atoms with Gasteiger partial charge in [0.15, 0.2) is 0 Å². The minimum Gasteiger partial charge on any atom is -0.393 e. The van der Waals surface area contributed by atoms with Gasteiger partial charge in [-0.05, 0) is 19.3 Å². The van der Waals surface area contributed by atoms with E-state index < -0.39 is 0 Å². The van der Waals surface area contributed by atoms with E-state index in [1.165, 1.54) is 0 Å². The van der Waals surface area contributed by atoms with Crippen molar-refractivity contribution in [1.82, 2.24) is 5.06 Å². The van der Waals surface area contributed by atoms with Crippen LogP contribution in [0.2, 0.25) is 0 Å². The molecule has 1 aliphatic heterocycles. The molecular formula is C7H13NO3. The Hall–Kier alpha value is -0.160. The third-order valence-electron chi connectivity index (χ3n) is 2.32. The summed E-state index contributed by atoms with van der Waals surface area (Å²) in [6.45, 7) is 0.657. The van der Waals surface area contributed by atoms with E-state index in [9.17, 15) is 10.2 Å². The van der Waals surface area contributed by atoms with Crippen molar-refractivity contribution in [2.45, 2.75) is 37.5 Å². The van der Waals surface area contributed by atoms with Crippen LogP contribution in [0.15, 0.2) is 0 Å². The van der Waals surface area contributed by atoms with Crippen LogP contribution in [0.4, 0.5) is 0 Å². The van der Waals surface area contributed by atoms with Crippen molar-refractivity contribution in [3.05, 3.63) is 0 Å². The van der Waals surface area contributed by atoms with Gasteiger partial charge in [0.1, 0.15) is 6.73 Å². The summed E-state index contributed by atoms with van der Waals surface area (Å²) in [5.41, 5.74) is 0. The first kappa shape index (κ1) is 7.49. The maximum atomic E-state index is 9.28. The first-order valence-corrected chi connectivity index (χ1v) is 4.01. The molecule has 4 atom stereocenters. The summed E-state index contributed by atoms with van der Waals surface area (Å²) in [6.07, 6.45) is 1.28. The maximum Gasteiger partial charge on any atom is 0.144 e. The molecule has 4 nitrogen and oxygen atoms in total. The lowest BCUT2D eigenvalue weighted by Crippen LogP contribution is -2.36. The highest BCUT2D eigenvalue weighted by Crippen LogP contribution is 2.27. The monoisotopic (exact) mass is 159 g/mol. The predicted octanol–water partition coefficient (Wildman–Crippen LogP) is -0.535. The fraction of sp³-hybridized carbons (Fsp3) is 1.00. The fourth-order valence-corrected chi connectivity index (χ4v) is 1.71. The third-order valence-corrected chi connectivity index (χ3v) is 2.32. The van der Waals surface area contributed by atoms with Crippen LogP contribution < -0.4 is 0 Å². The van der Waals surface area contributed by atoms with Gasteiger partial charge in [-0.1, -0.05) is 0 Å². The number of hydroxylamine groups is 2. The summed E-state index contributed by atoms with van der Waals surface area (Å²) in [6, 6.07) is 0.230. The highest BCUT2D eigenvalue weighted by Gasteiger charge is 2.36. The first-order valence-electron chi connectivity index (χ1n) is 4.01. The van der Waals surface area contributed by atoms with Gasteiger partial charge < -0.3 is 10.2 Å². The molecule has 64 valence electrons.